The molecule has 0 heterocycles. The summed E-state index contributed by atoms with van der Waals surface area (Å²) in [6.07, 6.45) is 33.4. The minimum Gasteiger partial charge on any atom is -0.394 e. The van der Waals surface area contributed by atoms with E-state index in [1.807, 2.05) is 0 Å². The van der Waals surface area contributed by atoms with Crippen LogP contribution in [0.3, 0.4) is 0 Å². The Morgan fingerprint density at radius 3 is 1.25 bits per heavy atom. The molecule has 0 aromatic carbocycles. The van der Waals surface area contributed by atoms with Gasteiger partial charge in [-0.1, -0.05) is 187 Å². The van der Waals surface area contributed by atoms with Gasteiger partial charge in [0.2, 0.25) is 5.91 Å². The molecule has 0 saturated heterocycles. The number of hydrogen-bond acceptors (Lipinski definition) is 6. The van der Waals surface area contributed by atoms with E-state index < -0.39 is 36.9 Å². The molecule has 48 heavy (non-hydrogen) atoms. The zero-order chi connectivity index (χ0) is 35.5. The van der Waals surface area contributed by atoms with Gasteiger partial charge in [-0.05, 0) is 25.7 Å². The lowest BCUT2D eigenvalue weighted by atomic mass is 9.98. The first-order chi connectivity index (χ1) is 23.4. The Bertz CT molecular complexity index is 692. The molecule has 0 bridgehead atoms. The molecule has 1 amide bonds. The second-order valence-corrected chi connectivity index (χ2v) is 14.7. The average Bonchev–Trinajstić information content (AvgIpc) is 3.09. The highest BCUT2D eigenvalue weighted by atomic mass is 16.3. The van der Waals surface area contributed by atoms with E-state index in [-0.39, 0.29) is 5.92 Å². The lowest BCUT2D eigenvalue weighted by molar-refractivity contribution is -0.132. The van der Waals surface area contributed by atoms with Crippen molar-refractivity contribution in [2.45, 2.75) is 237 Å². The van der Waals surface area contributed by atoms with Crippen molar-refractivity contribution in [1.29, 1.82) is 0 Å². The predicted molar refractivity (Wildman–Crippen MR) is 201 cm³/mol. The van der Waals surface area contributed by atoms with Crippen LogP contribution in [0.1, 0.15) is 213 Å². The van der Waals surface area contributed by atoms with Crippen LogP contribution in [0.25, 0.3) is 0 Å². The third-order valence-corrected chi connectivity index (χ3v) is 10.3. The molecule has 0 aliphatic carbocycles. The Morgan fingerprint density at radius 1 is 0.542 bits per heavy atom. The van der Waals surface area contributed by atoms with E-state index in [0.717, 1.165) is 70.5 Å². The van der Waals surface area contributed by atoms with Crippen molar-refractivity contribution in [3.05, 3.63) is 0 Å². The van der Waals surface area contributed by atoms with E-state index in [1.54, 1.807) is 0 Å². The van der Waals surface area contributed by atoms with Gasteiger partial charge in [-0.15, -0.1) is 0 Å². The van der Waals surface area contributed by atoms with E-state index >= 15 is 0 Å². The van der Waals surface area contributed by atoms with Crippen LogP contribution in [0.5, 0.6) is 0 Å². The van der Waals surface area contributed by atoms with Gasteiger partial charge in [0.05, 0.1) is 18.8 Å². The van der Waals surface area contributed by atoms with Crippen molar-refractivity contribution in [2.75, 3.05) is 6.61 Å². The highest BCUT2D eigenvalue weighted by molar-refractivity contribution is 5.80. The number of aliphatic hydroxyl groups is 4. The van der Waals surface area contributed by atoms with Crippen LogP contribution in [-0.4, -0.2) is 63.6 Å². The number of amides is 1. The SMILES string of the molecule is CCCCCCCCCCCCCCCCCCCC[C@@H](O)C(=O)N[C@H](CO)[C@H](O)C(O)CCCCCCCCCCCC(C=O)CC. The molecular weight excluding hydrogens is 602 g/mol. The van der Waals surface area contributed by atoms with Gasteiger partial charge in [-0.2, -0.15) is 0 Å². The zero-order valence-electron chi connectivity index (χ0n) is 31.7. The highest BCUT2D eigenvalue weighted by Gasteiger charge is 2.28. The maximum absolute atomic E-state index is 12.5. The first kappa shape index (κ1) is 47.0. The molecule has 0 radical (unpaired) electrons. The molecule has 0 rings (SSSR count). The van der Waals surface area contributed by atoms with E-state index in [4.69, 9.17) is 0 Å². The van der Waals surface area contributed by atoms with Crippen LogP contribution in [0.2, 0.25) is 0 Å². The summed E-state index contributed by atoms with van der Waals surface area (Å²) >= 11 is 0. The van der Waals surface area contributed by atoms with Crippen molar-refractivity contribution >= 4 is 12.2 Å². The van der Waals surface area contributed by atoms with Gasteiger partial charge in [-0.25, -0.2) is 0 Å². The van der Waals surface area contributed by atoms with Crippen LogP contribution in [0.4, 0.5) is 0 Å². The fourth-order valence-electron chi connectivity index (χ4n) is 6.69. The van der Waals surface area contributed by atoms with Gasteiger partial charge in [0.15, 0.2) is 0 Å². The van der Waals surface area contributed by atoms with Crippen LogP contribution in [0, 0.1) is 5.92 Å². The fourth-order valence-corrected chi connectivity index (χ4v) is 6.69. The van der Waals surface area contributed by atoms with Crippen molar-refractivity contribution < 1.29 is 30.0 Å². The van der Waals surface area contributed by atoms with E-state index in [9.17, 15) is 30.0 Å². The van der Waals surface area contributed by atoms with Crippen LogP contribution < -0.4 is 5.32 Å². The second kappa shape index (κ2) is 35.8. The Morgan fingerprint density at radius 2 is 0.896 bits per heavy atom. The van der Waals surface area contributed by atoms with Gasteiger partial charge >= 0.3 is 0 Å². The largest absolute Gasteiger partial charge is 0.394 e. The number of hydrogen-bond donors (Lipinski definition) is 5. The molecule has 286 valence electrons. The minimum atomic E-state index is -1.28. The maximum atomic E-state index is 12.5. The molecule has 2 unspecified atom stereocenters. The van der Waals surface area contributed by atoms with Crippen LogP contribution in [-0.2, 0) is 9.59 Å². The summed E-state index contributed by atoms with van der Waals surface area (Å²) in [6.45, 7) is 3.84. The maximum Gasteiger partial charge on any atom is 0.249 e. The molecule has 0 aromatic heterocycles. The number of aldehydes is 1. The fraction of sp³-hybridized carbons (Fsp3) is 0.951. The molecule has 0 aliphatic rings. The molecule has 0 saturated carbocycles. The molecule has 0 aromatic rings. The third kappa shape index (κ3) is 28.8. The van der Waals surface area contributed by atoms with E-state index in [1.165, 1.54) is 122 Å². The lowest BCUT2D eigenvalue weighted by Gasteiger charge is -2.27. The summed E-state index contributed by atoms with van der Waals surface area (Å²) in [6, 6.07) is -0.999. The van der Waals surface area contributed by atoms with Gasteiger partial charge in [-0.3, -0.25) is 4.79 Å². The first-order valence-electron chi connectivity index (χ1n) is 20.8. The second-order valence-electron chi connectivity index (χ2n) is 14.7. The molecule has 7 nitrogen and oxygen atoms in total. The third-order valence-electron chi connectivity index (χ3n) is 10.3. The first-order valence-corrected chi connectivity index (χ1v) is 20.8. The summed E-state index contributed by atoms with van der Waals surface area (Å²) in [7, 11) is 0. The standard InChI is InChI=1S/C41H81NO6/c1-3-5-6-7-8-9-10-11-12-13-14-15-16-17-20-24-27-30-33-39(46)41(48)42-37(35-44)40(47)38(45)32-29-26-23-21-18-19-22-25-28-31-36(4-2)34-43/h34,36-40,44-47H,3-33,35H2,1-2H3,(H,42,48)/t36?,37-,38?,39-,40+/m1/s1. The number of carbonyl (C=O) groups excluding carboxylic acids is 2. The van der Waals surface area contributed by atoms with Gasteiger partial charge < -0.3 is 30.5 Å². The summed E-state index contributed by atoms with van der Waals surface area (Å²) in [5.74, 6) is -0.371. The van der Waals surface area contributed by atoms with Gasteiger partial charge in [0.25, 0.3) is 0 Å². The molecule has 5 N–H and O–H groups in total. The van der Waals surface area contributed by atoms with Gasteiger partial charge in [0.1, 0.15) is 18.5 Å². The number of carbonyl (C=O) groups is 2. The average molecular weight is 684 g/mol. The highest BCUT2D eigenvalue weighted by Crippen LogP contribution is 2.17. The van der Waals surface area contributed by atoms with Crippen LogP contribution >= 0.6 is 0 Å². The van der Waals surface area contributed by atoms with Crippen molar-refractivity contribution in [3.63, 3.8) is 0 Å². The van der Waals surface area contributed by atoms with Gasteiger partial charge in [0, 0.05) is 5.92 Å². The van der Waals surface area contributed by atoms with Crippen LogP contribution in [0.15, 0.2) is 0 Å². The number of rotatable bonds is 38. The quantitative estimate of drug-likeness (QED) is 0.0326. The summed E-state index contributed by atoms with van der Waals surface area (Å²) < 4.78 is 0. The van der Waals surface area contributed by atoms with Crippen molar-refractivity contribution in [1.82, 2.24) is 5.32 Å². The molecule has 0 spiro atoms. The number of aliphatic hydroxyl groups excluding tert-OH is 4. The summed E-state index contributed by atoms with van der Waals surface area (Å²) in [5.41, 5.74) is 0. The topological polar surface area (TPSA) is 127 Å². The molecule has 7 heteroatoms. The van der Waals surface area contributed by atoms with Crippen molar-refractivity contribution in [2.24, 2.45) is 5.92 Å². The van der Waals surface area contributed by atoms with E-state index in [0.29, 0.717) is 12.8 Å². The van der Waals surface area contributed by atoms with Crippen molar-refractivity contribution in [3.8, 4) is 0 Å². The Balaban J connectivity index is 3.75. The predicted octanol–water partition coefficient (Wildman–Crippen LogP) is 9.49. The smallest absolute Gasteiger partial charge is 0.249 e. The lowest BCUT2D eigenvalue weighted by Crippen LogP contribution is -2.53. The summed E-state index contributed by atoms with van der Waals surface area (Å²) in [5, 5.41) is 43.6. The zero-order valence-corrected chi connectivity index (χ0v) is 31.7. The monoisotopic (exact) mass is 684 g/mol. The molecule has 0 aliphatic heterocycles. The molecule has 5 atom stereocenters. The number of nitrogens with one attached hydrogen (secondary N) is 1. The Kier molecular flexibility index (Phi) is 35.0. The van der Waals surface area contributed by atoms with E-state index in [2.05, 4.69) is 19.2 Å². The molecular formula is C41H81NO6. The number of unbranched alkanes of at least 4 members (excludes halogenated alkanes) is 25. The Hall–Kier alpha value is -1.02. The minimum absolute atomic E-state index is 0.225. The summed E-state index contributed by atoms with van der Waals surface area (Å²) in [4.78, 5) is 23.4. The normalized spacial score (nSPS) is 14.8. The Labute approximate surface area is 296 Å². The molecule has 0 fully saturated rings.